The van der Waals surface area contributed by atoms with Gasteiger partial charge in [0.05, 0.1) is 22.7 Å². The fraction of sp³-hybridized carbons (Fsp3) is 0.133. The van der Waals surface area contributed by atoms with E-state index in [1.807, 2.05) is 0 Å². The third-order valence-electron chi connectivity index (χ3n) is 13.4. The Morgan fingerprint density at radius 2 is 0.719 bits per heavy atom. The van der Waals surface area contributed by atoms with Gasteiger partial charge in [-0.3, -0.25) is 0 Å². The number of rotatable bonds is 10. The molecule has 0 atom stereocenters. The van der Waals surface area contributed by atoms with E-state index in [-0.39, 0.29) is 0 Å². The van der Waals surface area contributed by atoms with E-state index in [0.717, 1.165) is 104 Å². The van der Waals surface area contributed by atoms with Crippen molar-refractivity contribution < 1.29 is 8.83 Å². The average Bonchev–Trinajstić information content (AvgIpc) is 3.91. The largest absolute Gasteiger partial charge is 0.454 e. The molecule has 0 bridgehead atoms. The highest BCUT2D eigenvalue weighted by Gasteiger charge is 2.26. The van der Waals surface area contributed by atoms with Gasteiger partial charge in [-0.1, -0.05) is 159 Å². The van der Waals surface area contributed by atoms with Crippen molar-refractivity contribution >= 4 is 110 Å². The molecule has 12 aromatic rings. The first-order chi connectivity index (χ1) is 31.5. The number of hydrogen-bond donors (Lipinski definition) is 0. The van der Waals surface area contributed by atoms with Crippen LogP contribution in [-0.2, 0) is 12.8 Å². The molecule has 4 nitrogen and oxygen atoms in total. The molecule has 2 heterocycles. The third kappa shape index (κ3) is 5.89. The topological polar surface area (TPSA) is 32.8 Å². The Balaban J connectivity index is 1.11. The summed E-state index contributed by atoms with van der Waals surface area (Å²) in [7, 11) is 0. The van der Waals surface area contributed by atoms with E-state index in [2.05, 4.69) is 207 Å². The zero-order chi connectivity index (χ0) is 43.1. The minimum absolute atomic E-state index is 0.893. The van der Waals surface area contributed by atoms with E-state index in [1.165, 1.54) is 54.6 Å². The monoisotopic (exact) mass is 828 g/mol. The first-order valence-electron chi connectivity index (χ1n) is 22.8. The third-order valence-corrected chi connectivity index (χ3v) is 13.4. The van der Waals surface area contributed by atoms with Crippen LogP contribution in [0.5, 0.6) is 0 Å². The van der Waals surface area contributed by atoms with Crippen molar-refractivity contribution in [1.82, 2.24) is 0 Å². The summed E-state index contributed by atoms with van der Waals surface area (Å²) in [4.78, 5) is 4.81. The number of fused-ring (bicyclic) bond motifs is 6. The molecule has 310 valence electrons. The molecular formula is C60H48N2O2. The van der Waals surface area contributed by atoms with Crippen LogP contribution < -0.4 is 9.80 Å². The minimum Gasteiger partial charge on any atom is -0.454 e. The van der Waals surface area contributed by atoms with E-state index in [0.29, 0.717) is 0 Å². The number of furan rings is 2. The summed E-state index contributed by atoms with van der Waals surface area (Å²) in [6.07, 6.45) is 4.06. The second-order valence-electron chi connectivity index (χ2n) is 17.5. The number of anilines is 6. The van der Waals surface area contributed by atoms with Crippen molar-refractivity contribution in [2.45, 2.75) is 53.4 Å². The van der Waals surface area contributed by atoms with Crippen LogP contribution >= 0.6 is 0 Å². The van der Waals surface area contributed by atoms with Crippen molar-refractivity contribution in [3.63, 3.8) is 0 Å². The summed E-state index contributed by atoms with van der Waals surface area (Å²) in [6.45, 7) is 8.75. The standard InChI is InChI=1S/C60H48N2O2/c1-5-11-41-13-7-15-45-47-17-9-19-53(59(47)63-57(41)45)61(43-29-21-37(3)22-30-43)51-35-27-39-26-34-50-52(36-28-40-25-33-49(51)55(39)56(40)50)62(44-31-23-38(4)24-32-44)54-20-10-18-48-46-16-8-14-42(12-6-2)58(46)64-60(48)54/h7-10,13-36H,5-6,11-12H2,1-4H3. The lowest BCUT2D eigenvalue weighted by Gasteiger charge is -2.29. The summed E-state index contributed by atoms with van der Waals surface area (Å²) >= 11 is 0. The predicted octanol–water partition coefficient (Wildman–Crippen LogP) is 17.8. The highest BCUT2D eigenvalue weighted by atomic mass is 16.3. The van der Waals surface area contributed by atoms with Gasteiger partial charge in [0.2, 0.25) is 0 Å². The van der Waals surface area contributed by atoms with Gasteiger partial charge < -0.3 is 18.6 Å². The first-order valence-corrected chi connectivity index (χ1v) is 22.8. The molecule has 12 rings (SSSR count). The molecule has 0 N–H and O–H groups in total. The lowest BCUT2D eigenvalue weighted by atomic mass is 9.91. The zero-order valence-electron chi connectivity index (χ0n) is 36.7. The molecule has 0 spiro atoms. The molecule has 0 aliphatic rings. The molecule has 0 unspecified atom stereocenters. The predicted molar refractivity (Wildman–Crippen MR) is 272 cm³/mol. The summed E-state index contributed by atoms with van der Waals surface area (Å²) in [6, 6.07) is 62.5. The Bertz CT molecular complexity index is 3480. The maximum absolute atomic E-state index is 6.99. The van der Waals surface area contributed by atoms with Gasteiger partial charge >= 0.3 is 0 Å². The fourth-order valence-electron chi connectivity index (χ4n) is 10.4. The molecular weight excluding hydrogens is 781 g/mol. The molecule has 0 radical (unpaired) electrons. The van der Waals surface area contributed by atoms with Crippen LogP contribution in [-0.4, -0.2) is 0 Å². The van der Waals surface area contributed by atoms with Crippen LogP contribution in [0.2, 0.25) is 0 Å². The fourth-order valence-corrected chi connectivity index (χ4v) is 10.4. The smallest absolute Gasteiger partial charge is 0.159 e. The number of para-hydroxylation sites is 4. The maximum Gasteiger partial charge on any atom is 0.159 e. The van der Waals surface area contributed by atoms with Crippen LogP contribution in [0, 0.1) is 13.8 Å². The molecule has 0 fully saturated rings. The highest BCUT2D eigenvalue weighted by molar-refractivity contribution is 6.28. The van der Waals surface area contributed by atoms with Gasteiger partial charge in [0.25, 0.3) is 0 Å². The van der Waals surface area contributed by atoms with Gasteiger partial charge in [-0.2, -0.15) is 0 Å². The normalized spacial score (nSPS) is 12.0. The van der Waals surface area contributed by atoms with E-state index in [9.17, 15) is 0 Å². The molecule has 0 saturated heterocycles. The van der Waals surface area contributed by atoms with Crippen molar-refractivity contribution in [3.05, 3.63) is 192 Å². The second-order valence-corrected chi connectivity index (χ2v) is 17.5. The SMILES string of the molecule is CCCc1cccc2c1oc1c(N(c3ccc(C)cc3)c3ccc4ccc5c(N(c6ccc(C)cc6)c6cccc7c6oc6c(CCC)cccc67)ccc6ccc3c4c65)cccc12. The van der Waals surface area contributed by atoms with Crippen LogP contribution in [0.25, 0.3) is 76.2 Å². The minimum atomic E-state index is 0.893. The van der Waals surface area contributed by atoms with Crippen molar-refractivity contribution in [2.75, 3.05) is 9.80 Å². The van der Waals surface area contributed by atoms with Gasteiger partial charge in [-0.05, 0) is 108 Å². The van der Waals surface area contributed by atoms with Crippen LogP contribution in [0.3, 0.4) is 0 Å². The molecule has 0 saturated carbocycles. The van der Waals surface area contributed by atoms with E-state index >= 15 is 0 Å². The van der Waals surface area contributed by atoms with Crippen LogP contribution in [0.15, 0.2) is 179 Å². The zero-order valence-corrected chi connectivity index (χ0v) is 36.7. The number of hydrogen-bond acceptors (Lipinski definition) is 4. The Kier molecular flexibility index (Phi) is 8.98. The van der Waals surface area contributed by atoms with Crippen LogP contribution in [0.1, 0.15) is 48.9 Å². The molecule has 2 aromatic heterocycles. The summed E-state index contributed by atoms with van der Waals surface area (Å²) in [5, 5.41) is 11.8. The van der Waals surface area contributed by atoms with Gasteiger partial charge in [-0.15, -0.1) is 0 Å². The van der Waals surface area contributed by atoms with E-state index < -0.39 is 0 Å². The van der Waals surface area contributed by atoms with Gasteiger partial charge in [-0.25, -0.2) is 0 Å². The van der Waals surface area contributed by atoms with Gasteiger partial charge in [0.15, 0.2) is 11.2 Å². The molecule has 4 heteroatoms. The lowest BCUT2D eigenvalue weighted by Crippen LogP contribution is -2.12. The van der Waals surface area contributed by atoms with Gasteiger partial charge in [0.1, 0.15) is 11.2 Å². The average molecular weight is 829 g/mol. The molecule has 64 heavy (non-hydrogen) atoms. The highest BCUT2D eigenvalue weighted by Crippen LogP contribution is 2.50. The van der Waals surface area contributed by atoms with Crippen molar-refractivity contribution in [1.29, 1.82) is 0 Å². The Morgan fingerprint density at radius 1 is 0.344 bits per heavy atom. The Morgan fingerprint density at radius 3 is 1.12 bits per heavy atom. The number of nitrogens with zero attached hydrogens (tertiary/aromatic N) is 2. The summed E-state index contributed by atoms with van der Waals surface area (Å²) < 4.78 is 14.0. The Labute approximate surface area is 372 Å². The first kappa shape index (κ1) is 38.1. The van der Waals surface area contributed by atoms with Crippen molar-refractivity contribution in [2.24, 2.45) is 0 Å². The Hall–Kier alpha value is -7.56. The maximum atomic E-state index is 6.99. The number of benzene rings is 10. The number of aryl methyl sites for hydroxylation is 4. The summed E-state index contributed by atoms with van der Waals surface area (Å²) in [5.41, 5.74) is 15.1. The quantitative estimate of drug-likeness (QED) is 0.129. The van der Waals surface area contributed by atoms with Crippen LogP contribution in [0.4, 0.5) is 34.1 Å². The molecule has 0 aliphatic carbocycles. The van der Waals surface area contributed by atoms with Gasteiger partial charge in [0, 0.05) is 43.7 Å². The summed E-state index contributed by atoms with van der Waals surface area (Å²) in [5.74, 6) is 0. The van der Waals surface area contributed by atoms with Crippen molar-refractivity contribution in [3.8, 4) is 0 Å². The second kappa shape index (κ2) is 15.1. The molecule has 0 amide bonds. The lowest BCUT2D eigenvalue weighted by molar-refractivity contribution is 0.661. The van der Waals surface area contributed by atoms with E-state index in [1.54, 1.807) is 0 Å². The molecule has 0 aliphatic heterocycles. The van der Waals surface area contributed by atoms with E-state index in [4.69, 9.17) is 8.83 Å². The molecule has 10 aromatic carbocycles.